The van der Waals surface area contributed by atoms with E-state index in [0.29, 0.717) is 18.8 Å². The third-order valence-electron chi connectivity index (χ3n) is 5.79. The van der Waals surface area contributed by atoms with Crippen molar-refractivity contribution in [3.05, 3.63) is 54.1 Å². The lowest BCUT2D eigenvalue weighted by molar-refractivity contribution is 0.346. The summed E-state index contributed by atoms with van der Waals surface area (Å²) in [5, 5.41) is 0. The van der Waals surface area contributed by atoms with E-state index in [-0.39, 0.29) is 15.8 Å². The molecule has 1 fully saturated rings. The minimum Gasteiger partial charge on any atom is -0.263 e. The molecule has 1 atom stereocenters. The lowest BCUT2D eigenvalue weighted by atomic mass is 9.99. The third-order valence-corrected chi connectivity index (χ3v) is 9.65. The molecule has 8 heteroatoms. The van der Waals surface area contributed by atoms with Crippen LogP contribution in [0.3, 0.4) is 0 Å². The first-order chi connectivity index (χ1) is 13.8. The fraction of sp³-hybridized carbons (Fsp3) is 0.429. The van der Waals surface area contributed by atoms with Crippen LogP contribution in [0.5, 0.6) is 0 Å². The monoisotopic (exact) mass is 434 g/mol. The summed E-state index contributed by atoms with van der Waals surface area (Å²) >= 11 is 0. The largest absolute Gasteiger partial charge is 0.264 e. The molecule has 156 valence electrons. The van der Waals surface area contributed by atoms with Crippen LogP contribution in [-0.2, 0) is 26.5 Å². The van der Waals surface area contributed by atoms with Crippen LogP contribution in [-0.4, -0.2) is 40.3 Å². The number of sulfonamides is 2. The molecule has 0 amide bonds. The second-order valence-corrected chi connectivity index (χ2v) is 11.5. The molecular weight excluding hydrogens is 408 g/mol. The highest BCUT2D eigenvalue weighted by molar-refractivity contribution is 7.93. The molecule has 0 N–H and O–H groups in total. The molecule has 29 heavy (non-hydrogen) atoms. The van der Waals surface area contributed by atoms with Crippen molar-refractivity contribution in [2.75, 3.05) is 17.4 Å². The Hall–Kier alpha value is -1.90. The molecule has 2 heterocycles. The second kappa shape index (κ2) is 7.74. The van der Waals surface area contributed by atoms with Gasteiger partial charge in [0.2, 0.25) is 10.0 Å². The molecule has 0 aromatic heterocycles. The maximum atomic E-state index is 13.4. The summed E-state index contributed by atoms with van der Waals surface area (Å²) < 4.78 is 55.4. The molecule has 0 saturated carbocycles. The van der Waals surface area contributed by atoms with Crippen LogP contribution < -0.4 is 4.31 Å². The Balaban J connectivity index is 1.67. The zero-order chi connectivity index (χ0) is 20.6. The Morgan fingerprint density at radius 3 is 2.03 bits per heavy atom. The fourth-order valence-corrected chi connectivity index (χ4v) is 7.41. The quantitative estimate of drug-likeness (QED) is 0.739. The van der Waals surface area contributed by atoms with Crippen molar-refractivity contribution in [2.45, 2.75) is 54.9 Å². The highest BCUT2D eigenvalue weighted by Crippen LogP contribution is 2.35. The van der Waals surface area contributed by atoms with Crippen LogP contribution in [0.1, 0.15) is 38.2 Å². The van der Waals surface area contributed by atoms with Gasteiger partial charge in [0.25, 0.3) is 10.0 Å². The number of anilines is 1. The smallest absolute Gasteiger partial charge is 0.263 e. The van der Waals surface area contributed by atoms with Crippen LogP contribution in [0.15, 0.2) is 58.3 Å². The topological polar surface area (TPSA) is 74.8 Å². The van der Waals surface area contributed by atoms with Gasteiger partial charge >= 0.3 is 0 Å². The molecular formula is C21H26N2O4S2. The highest BCUT2D eigenvalue weighted by Gasteiger charge is 2.34. The maximum Gasteiger partial charge on any atom is 0.264 e. The van der Waals surface area contributed by atoms with Gasteiger partial charge in [-0.05, 0) is 68.5 Å². The van der Waals surface area contributed by atoms with Gasteiger partial charge in [-0.15, -0.1) is 0 Å². The van der Waals surface area contributed by atoms with Crippen molar-refractivity contribution >= 4 is 25.7 Å². The number of hydrogen-bond donors (Lipinski definition) is 0. The normalized spacial score (nSPS) is 21.0. The van der Waals surface area contributed by atoms with E-state index in [9.17, 15) is 16.8 Å². The summed E-state index contributed by atoms with van der Waals surface area (Å²) in [6, 6.07) is 13.0. The molecule has 0 aliphatic carbocycles. The second-order valence-electron chi connectivity index (χ2n) is 7.75. The Labute approximate surface area is 173 Å². The number of nitrogens with zero attached hydrogens (tertiary/aromatic N) is 2. The summed E-state index contributed by atoms with van der Waals surface area (Å²) in [5.74, 6) is 0. The summed E-state index contributed by atoms with van der Waals surface area (Å²) in [6.45, 7) is 2.94. The van der Waals surface area contributed by atoms with E-state index in [1.165, 1.54) is 32.9 Å². The van der Waals surface area contributed by atoms with Crippen LogP contribution in [0.4, 0.5) is 5.69 Å². The summed E-state index contributed by atoms with van der Waals surface area (Å²) in [5.41, 5.74) is 1.72. The first kappa shape index (κ1) is 20.4. The van der Waals surface area contributed by atoms with E-state index in [4.69, 9.17) is 0 Å². The van der Waals surface area contributed by atoms with Crippen LogP contribution in [0.2, 0.25) is 0 Å². The van der Waals surface area contributed by atoms with Gasteiger partial charge in [-0.3, -0.25) is 4.31 Å². The van der Waals surface area contributed by atoms with Gasteiger partial charge in [0.05, 0.1) is 15.5 Å². The van der Waals surface area contributed by atoms with Gasteiger partial charge in [-0.25, -0.2) is 16.8 Å². The maximum absolute atomic E-state index is 13.4. The summed E-state index contributed by atoms with van der Waals surface area (Å²) in [6.07, 6.45) is 4.35. The first-order valence-electron chi connectivity index (χ1n) is 10.0. The molecule has 4 rings (SSSR count). The fourth-order valence-electron chi connectivity index (χ4n) is 4.17. The van der Waals surface area contributed by atoms with Crippen LogP contribution >= 0.6 is 0 Å². The van der Waals surface area contributed by atoms with Crippen molar-refractivity contribution in [1.29, 1.82) is 0 Å². The zero-order valence-electron chi connectivity index (χ0n) is 16.5. The molecule has 0 radical (unpaired) electrons. The SMILES string of the molecule is C[C@H]1CCc2ccccc2N1S(=O)(=O)c1ccc(S(=O)(=O)N2CCCCC2)cc1. The Morgan fingerprint density at radius 2 is 1.38 bits per heavy atom. The number of hydrogen-bond acceptors (Lipinski definition) is 4. The van der Waals surface area contributed by atoms with Crippen LogP contribution in [0.25, 0.3) is 0 Å². The molecule has 0 spiro atoms. The van der Waals surface area contributed by atoms with Gasteiger partial charge in [0.15, 0.2) is 0 Å². The summed E-state index contributed by atoms with van der Waals surface area (Å²) in [7, 11) is -7.37. The molecule has 2 aromatic carbocycles. The van der Waals surface area contributed by atoms with Crippen molar-refractivity contribution in [2.24, 2.45) is 0 Å². The summed E-state index contributed by atoms with van der Waals surface area (Å²) in [4.78, 5) is 0.254. The minimum absolute atomic E-state index is 0.110. The molecule has 2 aliphatic heterocycles. The molecule has 0 bridgehead atoms. The lowest BCUT2D eigenvalue weighted by Crippen LogP contribution is -2.42. The molecule has 2 aromatic rings. The average Bonchev–Trinajstić information content (AvgIpc) is 2.74. The average molecular weight is 435 g/mol. The molecule has 0 unspecified atom stereocenters. The molecule has 1 saturated heterocycles. The minimum atomic E-state index is -3.79. The standard InChI is InChI=1S/C21H26N2O4S2/c1-17-9-10-18-7-3-4-8-21(18)23(17)29(26,27)20-13-11-19(12-14-20)28(24,25)22-15-5-2-6-16-22/h3-4,7-8,11-14,17H,2,5-6,9-10,15-16H2,1H3/t17-/m0/s1. The lowest BCUT2D eigenvalue weighted by Gasteiger charge is -2.36. The van der Waals surface area contributed by atoms with Crippen molar-refractivity contribution in [3.8, 4) is 0 Å². The van der Waals surface area contributed by atoms with Crippen LogP contribution in [0, 0.1) is 0 Å². The number of piperidine rings is 1. The van der Waals surface area contributed by atoms with Gasteiger partial charge in [0.1, 0.15) is 0 Å². The van der Waals surface area contributed by atoms with Gasteiger partial charge in [-0.1, -0.05) is 24.6 Å². The number of benzene rings is 2. The molecule has 6 nitrogen and oxygen atoms in total. The Bertz CT molecular complexity index is 1090. The predicted octanol–water partition coefficient (Wildman–Crippen LogP) is 3.39. The number of para-hydroxylation sites is 1. The number of aryl methyl sites for hydroxylation is 1. The number of fused-ring (bicyclic) bond motifs is 1. The van der Waals surface area contributed by atoms with Gasteiger partial charge in [-0.2, -0.15) is 4.31 Å². The Morgan fingerprint density at radius 1 is 0.793 bits per heavy atom. The predicted molar refractivity (Wildman–Crippen MR) is 113 cm³/mol. The van der Waals surface area contributed by atoms with E-state index in [2.05, 4.69) is 0 Å². The zero-order valence-corrected chi connectivity index (χ0v) is 18.1. The van der Waals surface area contributed by atoms with Gasteiger partial charge < -0.3 is 0 Å². The van der Waals surface area contributed by atoms with E-state index in [1.54, 1.807) is 0 Å². The third kappa shape index (κ3) is 3.69. The van der Waals surface area contributed by atoms with Crippen molar-refractivity contribution < 1.29 is 16.8 Å². The van der Waals surface area contributed by atoms with Gasteiger partial charge in [0, 0.05) is 19.1 Å². The number of rotatable bonds is 4. The highest BCUT2D eigenvalue weighted by atomic mass is 32.2. The molecule has 2 aliphatic rings. The first-order valence-corrected chi connectivity index (χ1v) is 12.9. The van der Waals surface area contributed by atoms with Crippen molar-refractivity contribution in [3.63, 3.8) is 0 Å². The Kier molecular flexibility index (Phi) is 5.44. The van der Waals surface area contributed by atoms with Crippen molar-refractivity contribution in [1.82, 2.24) is 4.31 Å². The van der Waals surface area contributed by atoms with E-state index < -0.39 is 20.0 Å². The van der Waals surface area contributed by atoms with E-state index in [0.717, 1.165) is 37.7 Å². The van der Waals surface area contributed by atoms with E-state index in [1.807, 2.05) is 31.2 Å². The van der Waals surface area contributed by atoms with E-state index >= 15 is 0 Å².